The van der Waals surface area contributed by atoms with Crippen LogP contribution in [0.3, 0.4) is 0 Å². The topological polar surface area (TPSA) is 78.9 Å². The third-order valence-electron chi connectivity index (χ3n) is 2.85. The van der Waals surface area contributed by atoms with E-state index in [1.807, 2.05) is 0 Å². The van der Waals surface area contributed by atoms with Crippen molar-refractivity contribution in [3.8, 4) is 0 Å². The largest absolute Gasteiger partial charge is 0.480 e. The summed E-state index contributed by atoms with van der Waals surface area (Å²) in [5, 5.41) is 11.5. The van der Waals surface area contributed by atoms with E-state index in [2.05, 4.69) is 11.9 Å². The van der Waals surface area contributed by atoms with Crippen LogP contribution in [0.1, 0.15) is 12.8 Å². The zero-order valence-corrected chi connectivity index (χ0v) is 10.4. The van der Waals surface area contributed by atoms with Gasteiger partial charge in [-0.2, -0.15) is 0 Å². The van der Waals surface area contributed by atoms with Crippen LogP contribution in [0.5, 0.6) is 0 Å². The quantitative estimate of drug-likeness (QED) is 0.685. The van der Waals surface area contributed by atoms with E-state index in [0.717, 1.165) is 26.1 Å². The van der Waals surface area contributed by atoms with E-state index in [1.54, 1.807) is 0 Å². The average molecular weight is 256 g/mol. The Hall–Kier alpha value is -1.56. The molecule has 1 fully saturated rings. The van der Waals surface area contributed by atoms with E-state index in [1.165, 1.54) is 11.0 Å². The second-order valence-electron chi connectivity index (χ2n) is 4.30. The summed E-state index contributed by atoms with van der Waals surface area (Å²) >= 11 is 0. The van der Waals surface area contributed by atoms with Gasteiger partial charge in [-0.15, -0.1) is 6.58 Å². The molecule has 0 bridgehead atoms. The van der Waals surface area contributed by atoms with Crippen LogP contribution in [0.25, 0.3) is 0 Å². The Kier molecular flexibility index (Phi) is 6.21. The third kappa shape index (κ3) is 5.18. The Morgan fingerprint density at radius 3 is 2.67 bits per heavy atom. The first-order valence-electron chi connectivity index (χ1n) is 6.06. The number of hydrogen-bond donors (Lipinski definition) is 2. The highest BCUT2D eigenvalue weighted by molar-refractivity contribution is 5.80. The molecule has 0 aromatic heterocycles. The molecule has 0 atom stereocenters. The number of nitrogens with one attached hydrogen (secondary N) is 1. The van der Waals surface area contributed by atoms with Gasteiger partial charge in [-0.05, 0) is 18.8 Å². The van der Waals surface area contributed by atoms with Gasteiger partial charge in [0.2, 0.25) is 0 Å². The Balaban J connectivity index is 2.35. The zero-order valence-electron chi connectivity index (χ0n) is 10.4. The van der Waals surface area contributed by atoms with Gasteiger partial charge in [0, 0.05) is 26.3 Å². The van der Waals surface area contributed by atoms with Crippen molar-refractivity contribution in [1.29, 1.82) is 0 Å². The number of rotatable bonds is 6. The number of carboxylic acid groups (broad SMARTS) is 1. The van der Waals surface area contributed by atoms with E-state index in [4.69, 9.17) is 9.84 Å². The first-order valence-corrected chi connectivity index (χ1v) is 6.06. The molecule has 1 rings (SSSR count). The molecule has 1 saturated heterocycles. The van der Waals surface area contributed by atoms with E-state index < -0.39 is 5.97 Å². The fourth-order valence-electron chi connectivity index (χ4n) is 1.83. The Bertz CT molecular complexity index is 300. The Morgan fingerprint density at radius 2 is 2.11 bits per heavy atom. The normalized spacial score (nSPS) is 16.0. The van der Waals surface area contributed by atoms with Gasteiger partial charge in [-0.3, -0.25) is 4.79 Å². The van der Waals surface area contributed by atoms with Crippen molar-refractivity contribution < 1.29 is 19.4 Å². The van der Waals surface area contributed by atoms with Crippen molar-refractivity contribution in [2.45, 2.75) is 12.8 Å². The fraction of sp³-hybridized carbons (Fsp3) is 0.667. The van der Waals surface area contributed by atoms with Crippen LogP contribution in [0.4, 0.5) is 4.79 Å². The first-order chi connectivity index (χ1) is 8.63. The smallest absolute Gasteiger partial charge is 0.323 e. The molecule has 0 aromatic carbocycles. The van der Waals surface area contributed by atoms with Crippen molar-refractivity contribution in [1.82, 2.24) is 10.2 Å². The molecule has 6 nitrogen and oxygen atoms in total. The molecule has 1 aliphatic rings. The number of carbonyl (C=O) groups is 2. The zero-order chi connectivity index (χ0) is 13.4. The van der Waals surface area contributed by atoms with Gasteiger partial charge < -0.3 is 20.1 Å². The number of hydrogen-bond acceptors (Lipinski definition) is 3. The van der Waals surface area contributed by atoms with Crippen LogP contribution >= 0.6 is 0 Å². The molecule has 6 heteroatoms. The lowest BCUT2D eigenvalue weighted by Gasteiger charge is -2.24. The van der Waals surface area contributed by atoms with Gasteiger partial charge in [0.15, 0.2) is 0 Å². The highest BCUT2D eigenvalue weighted by Gasteiger charge is 2.18. The molecule has 2 amide bonds. The molecule has 2 N–H and O–H groups in total. The fourth-order valence-corrected chi connectivity index (χ4v) is 1.83. The molecule has 18 heavy (non-hydrogen) atoms. The van der Waals surface area contributed by atoms with Gasteiger partial charge in [0.05, 0.1) is 0 Å². The van der Waals surface area contributed by atoms with Crippen molar-refractivity contribution in [2.24, 2.45) is 5.92 Å². The average Bonchev–Trinajstić information content (AvgIpc) is 2.36. The molecule has 0 radical (unpaired) electrons. The molecule has 1 heterocycles. The highest BCUT2D eigenvalue weighted by atomic mass is 16.5. The first kappa shape index (κ1) is 14.5. The van der Waals surface area contributed by atoms with Crippen molar-refractivity contribution in [2.75, 3.05) is 32.8 Å². The van der Waals surface area contributed by atoms with Crippen molar-refractivity contribution >= 4 is 12.0 Å². The SMILES string of the molecule is C=CCN(CC(=O)O)C(=O)NCC1CCOCC1. The molecule has 102 valence electrons. The van der Waals surface area contributed by atoms with Crippen LogP contribution in [-0.4, -0.2) is 54.9 Å². The summed E-state index contributed by atoms with van der Waals surface area (Å²) in [6, 6.07) is -0.358. The van der Waals surface area contributed by atoms with Crippen LogP contribution in [-0.2, 0) is 9.53 Å². The third-order valence-corrected chi connectivity index (χ3v) is 2.85. The maximum absolute atomic E-state index is 11.8. The minimum atomic E-state index is -1.03. The monoisotopic (exact) mass is 256 g/mol. The summed E-state index contributed by atoms with van der Waals surface area (Å²) in [5.74, 6) is -0.615. The summed E-state index contributed by atoms with van der Waals surface area (Å²) in [6.45, 7) is 5.44. The Labute approximate surface area is 107 Å². The molecule has 1 aliphatic heterocycles. The molecule has 0 aliphatic carbocycles. The van der Waals surface area contributed by atoms with E-state index in [-0.39, 0.29) is 19.1 Å². The summed E-state index contributed by atoms with van der Waals surface area (Å²) in [7, 11) is 0. The summed E-state index contributed by atoms with van der Waals surface area (Å²) in [4.78, 5) is 23.6. The summed E-state index contributed by atoms with van der Waals surface area (Å²) in [5.41, 5.74) is 0. The predicted octanol–water partition coefficient (Wildman–Crippen LogP) is 0.695. The van der Waals surface area contributed by atoms with Crippen LogP contribution < -0.4 is 5.32 Å². The molecular weight excluding hydrogens is 236 g/mol. The maximum Gasteiger partial charge on any atom is 0.323 e. The molecule has 0 aromatic rings. The van der Waals surface area contributed by atoms with Crippen LogP contribution in [0, 0.1) is 5.92 Å². The molecular formula is C12H20N2O4. The van der Waals surface area contributed by atoms with Gasteiger partial charge in [-0.25, -0.2) is 4.79 Å². The Morgan fingerprint density at radius 1 is 1.44 bits per heavy atom. The highest BCUT2D eigenvalue weighted by Crippen LogP contribution is 2.13. The van der Waals surface area contributed by atoms with Crippen LogP contribution in [0.15, 0.2) is 12.7 Å². The number of nitrogens with zero attached hydrogens (tertiary/aromatic N) is 1. The van der Waals surface area contributed by atoms with Crippen molar-refractivity contribution in [3.05, 3.63) is 12.7 Å². The number of amides is 2. The number of carboxylic acids is 1. The minimum Gasteiger partial charge on any atom is -0.480 e. The van der Waals surface area contributed by atoms with E-state index >= 15 is 0 Å². The summed E-state index contributed by atoms with van der Waals surface area (Å²) < 4.78 is 5.23. The number of urea groups is 1. The lowest BCUT2D eigenvalue weighted by molar-refractivity contribution is -0.137. The number of carbonyl (C=O) groups excluding carboxylic acids is 1. The molecule has 0 spiro atoms. The van der Waals surface area contributed by atoms with Crippen LogP contribution in [0.2, 0.25) is 0 Å². The number of ether oxygens (including phenoxy) is 1. The van der Waals surface area contributed by atoms with Gasteiger partial charge >= 0.3 is 12.0 Å². The van der Waals surface area contributed by atoms with Crippen molar-refractivity contribution in [3.63, 3.8) is 0 Å². The molecule has 0 unspecified atom stereocenters. The second-order valence-corrected chi connectivity index (χ2v) is 4.30. The second kappa shape index (κ2) is 7.71. The predicted molar refractivity (Wildman–Crippen MR) is 66.3 cm³/mol. The van der Waals surface area contributed by atoms with Gasteiger partial charge in [0.1, 0.15) is 6.54 Å². The number of aliphatic carboxylic acids is 1. The van der Waals surface area contributed by atoms with E-state index in [9.17, 15) is 9.59 Å². The lowest BCUT2D eigenvalue weighted by atomic mass is 10.0. The minimum absolute atomic E-state index is 0.228. The standard InChI is InChI=1S/C12H20N2O4/c1-2-5-14(9-11(15)16)12(17)13-8-10-3-6-18-7-4-10/h2,10H,1,3-9H2,(H,13,17)(H,15,16). The molecule has 0 saturated carbocycles. The van der Waals surface area contributed by atoms with Gasteiger partial charge in [0.25, 0.3) is 0 Å². The summed E-state index contributed by atoms with van der Waals surface area (Å²) in [6.07, 6.45) is 3.37. The van der Waals surface area contributed by atoms with E-state index in [0.29, 0.717) is 12.5 Å². The van der Waals surface area contributed by atoms with Gasteiger partial charge in [-0.1, -0.05) is 6.08 Å². The lowest BCUT2D eigenvalue weighted by Crippen LogP contribution is -2.44. The maximum atomic E-state index is 11.8.